The standard InChI is InChI=1S/C14H20N4O2/c1-2-3-10-7-12(17-16-10)15-14(20)9-6-13(19)18(8-9)11-4-5-11/h7,9,11H,2-6,8H2,1H3,(H2,15,16,17,20). The Morgan fingerprint density at radius 2 is 2.35 bits per heavy atom. The normalized spacial score (nSPS) is 22.4. The van der Waals surface area contributed by atoms with Crippen LogP contribution in [0.5, 0.6) is 0 Å². The van der Waals surface area contributed by atoms with E-state index < -0.39 is 0 Å². The number of aryl methyl sites for hydroxylation is 1. The fourth-order valence-corrected chi connectivity index (χ4v) is 2.70. The van der Waals surface area contributed by atoms with Crippen LogP contribution < -0.4 is 5.32 Å². The van der Waals surface area contributed by atoms with Gasteiger partial charge in [-0.25, -0.2) is 0 Å². The molecule has 1 saturated carbocycles. The van der Waals surface area contributed by atoms with Crippen LogP contribution in [0.4, 0.5) is 5.82 Å². The van der Waals surface area contributed by atoms with Gasteiger partial charge in [-0.1, -0.05) is 13.3 Å². The Kier molecular flexibility index (Phi) is 3.46. The molecule has 1 aliphatic heterocycles. The molecule has 2 aliphatic rings. The number of hydrogen-bond donors (Lipinski definition) is 2. The number of anilines is 1. The number of carbonyl (C=O) groups is 2. The second-order valence-corrected chi connectivity index (χ2v) is 5.70. The Labute approximate surface area is 117 Å². The number of aromatic nitrogens is 2. The van der Waals surface area contributed by atoms with Crippen LogP contribution in [0.2, 0.25) is 0 Å². The van der Waals surface area contributed by atoms with Gasteiger partial charge in [0.15, 0.2) is 5.82 Å². The van der Waals surface area contributed by atoms with Crippen molar-refractivity contribution in [2.45, 2.75) is 45.1 Å². The maximum atomic E-state index is 12.2. The third-order valence-corrected chi connectivity index (χ3v) is 3.92. The highest BCUT2D eigenvalue weighted by atomic mass is 16.2. The number of aromatic amines is 1. The number of hydrogen-bond acceptors (Lipinski definition) is 3. The predicted octanol–water partition coefficient (Wildman–Crippen LogP) is 1.31. The molecule has 0 bridgehead atoms. The van der Waals surface area contributed by atoms with Crippen LogP contribution in [0.25, 0.3) is 0 Å². The summed E-state index contributed by atoms with van der Waals surface area (Å²) in [5.74, 6) is 0.322. The fourth-order valence-electron chi connectivity index (χ4n) is 2.70. The van der Waals surface area contributed by atoms with E-state index >= 15 is 0 Å². The Bertz CT molecular complexity index is 521. The first kappa shape index (κ1) is 13.1. The number of amides is 2. The van der Waals surface area contributed by atoms with Crippen molar-refractivity contribution < 1.29 is 9.59 Å². The van der Waals surface area contributed by atoms with E-state index in [0.29, 0.717) is 24.8 Å². The van der Waals surface area contributed by atoms with Gasteiger partial charge in [-0.3, -0.25) is 14.7 Å². The number of rotatable bonds is 5. The molecule has 2 heterocycles. The Balaban J connectivity index is 1.57. The minimum absolute atomic E-state index is 0.101. The largest absolute Gasteiger partial charge is 0.339 e. The number of nitrogens with one attached hydrogen (secondary N) is 2. The van der Waals surface area contributed by atoms with E-state index in [1.807, 2.05) is 11.0 Å². The molecule has 6 heteroatoms. The van der Waals surface area contributed by atoms with Gasteiger partial charge in [0, 0.05) is 30.8 Å². The fraction of sp³-hybridized carbons (Fsp3) is 0.643. The smallest absolute Gasteiger partial charge is 0.230 e. The topological polar surface area (TPSA) is 78.1 Å². The molecular weight excluding hydrogens is 256 g/mol. The molecule has 108 valence electrons. The third kappa shape index (κ3) is 2.69. The summed E-state index contributed by atoms with van der Waals surface area (Å²) < 4.78 is 0. The van der Waals surface area contributed by atoms with Crippen LogP contribution in [-0.2, 0) is 16.0 Å². The molecule has 2 fully saturated rings. The molecule has 1 unspecified atom stereocenters. The van der Waals surface area contributed by atoms with Gasteiger partial charge in [0.05, 0.1) is 5.92 Å². The van der Waals surface area contributed by atoms with E-state index in [0.717, 1.165) is 31.4 Å². The van der Waals surface area contributed by atoms with E-state index in [4.69, 9.17) is 0 Å². The van der Waals surface area contributed by atoms with Crippen LogP contribution in [0.3, 0.4) is 0 Å². The van der Waals surface area contributed by atoms with Crippen molar-refractivity contribution in [3.05, 3.63) is 11.8 Å². The molecular formula is C14H20N4O2. The molecule has 6 nitrogen and oxygen atoms in total. The van der Waals surface area contributed by atoms with Gasteiger partial charge < -0.3 is 10.2 Å². The SMILES string of the molecule is CCCc1cc(NC(=O)C2CC(=O)N(C3CC3)C2)n[nH]1. The lowest BCUT2D eigenvalue weighted by molar-refractivity contribution is -0.128. The molecule has 1 aliphatic carbocycles. The van der Waals surface area contributed by atoms with Crippen LogP contribution in [0.1, 0.15) is 38.3 Å². The van der Waals surface area contributed by atoms with Crippen molar-refractivity contribution in [1.82, 2.24) is 15.1 Å². The van der Waals surface area contributed by atoms with Crippen LogP contribution in [0.15, 0.2) is 6.07 Å². The highest BCUT2D eigenvalue weighted by Gasteiger charge is 2.41. The lowest BCUT2D eigenvalue weighted by Crippen LogP contribution is -2.29. The van der Waals surface area contributed by atoms with E-state index in [-0.39, 0.29) is 17.7 Å². The minimum atomic E-state index is -0.241. The molecule has 2 amide bonds. The molecule has 1 atom stereocenters. The van der Waals surface area contributed by atoms with Crippen molar-refractivity contribution >= 4 is 17.6 Å². The molecule has 0 aromatic carbocycles. The van der Waals surface area contributed by atoms with E-state index in [9.17, 15) is 9.59 Å². The van der Waals surface area contributed by atoms with Crippen molar-refractivity contribution in [3.8, 4) is 0 Å². The molecule has 1 aromatic rings. The molecule has 3 rings (SSSR count). The first-order valence-electron chi connectivity index (χ1n) is 7.32. The summed E-state index contributed by atoms with van der Waals surface area (Å²) in [5.41, 5.74) is 1.02. The molecule has 2 N–H and O–H groups in total. The second-order valence-electron chi connectivity index (χ2n) is 5.70. The summed E-state index contributed by atoms with van der Waals surface area (Å²) in [6.07, 6.45) is 4.44. The zero-order valence-corrected chi connectivity index (χ0v) is 11.7. The van der Waals surface area contributed by atoms with E-state index in [1.54, 1.807) is 0 Å². The summed E-state index contributed by atoms with van der Waals surface area (Å²) in [7, 11) is 0. The molecule has 20 heavy (non-hydrogen) atoms. The third-order valence-electron chi connectivity index (χ3n) is 3.92. The Morgan fingerprint density at radius 3 is 3.05 bits per heavy atom. The summed E-state index contributed by atoms with van der Waals surface area (Å²) in [6, 6.07) is 2.25. The van der Waals surface area contributed by atoms with Crippen molar-refractivity contribution in [1.29, 1.82) is 0 Å². The number of likely N-dealkylation sites (tertiary alicyclic amines) is 1. The van der Waals surface area contributed by atoms with Crippen LogP contribution in [-0.4, -0.2) is 39.5 Å². The highest BCUT2D eigenvalue weighted by Crippen LogP contribution is 2.32. The second kappa shape index (κ2) is 5.26. The molecule has 0 radical (unpaired) electrons. The van der Waals surface area contributed by atoms with Gasteiger partial charge in [0.2, 0.25) is 11.8 Å². The first-order chi connectivity index (χ1) is 9.67. The zero-order valence-electron chi connectivity index (χ0n) is 11.7. The maximum absolute atomic E-state index is 12.2. The summed E-state index contributed by atoms with van der Waals surface area (Å²) in [6.45, 7) is 2.65. The van der Waals surface area contributed by atoms with E-state index in [1.165, 1.54) is 0 Å². The van der Waals surface area contributed by atoms with Crippen LogP contribution in [0, 0.1) is 5.92 Å². The Hall–Kier alpha value is -1.85. The maximum Gasteiger partial charge on any atom is 0.230 e. The summed E-state index contributed by atoms with van der Waals surface area (Å²) in [5, 5.41) is 9.79. The monoisotopic (exact) mass is 276 g/mol. The average molecular weight is 276 g/mol. The van der Waals surface area contributed by atoms with Crippen molar-refractivity contribution in [2.75, 3.05) is 11.9 Å². The van der Waals surface area contributed by atoms with Gasteiger partial charge in [0.25, 0.3) is 0 Å². The number of carbonyl (C=O) groups excluding carboxylic acids is 2. The summed E-state index contributed by atoms with van der Waals surface area (Å²) >= 11 is 0. The van der Waals surface area contributed by atoms with Crippen molar-refractivity contribution in [3.63, 3.8) is 0 Å². The molecule has 1 aromatic heterocycles. The Morgan fingerprint density at radius 1 is 1.55 bits per heavy atom. The zero-order chi connectivity index (χ0) is 14.1. The van der Waals surface area contributed by atoms with Crippen molar-refractivity contribution in [2.24, 2.45) is 5.92 Å². The predicted molar refractivity (Wildman–Crippen MR) is 74.1 cm³/mol. The quantitative estimate of drug-likeness (QED) is 0.851. The average Bonchev–Trinajstić information content (AvgIpc) is 3.05. The number of H-pyrrole nitrogens is 1. The van der Waals surface area contributed by atoms with Crippen LogP contribution >= 0.6 is 0 Å². The number of nitrogens with zero attached hydrogens (tertiary/aromatic N) is 2. The molecule has 1 saturated heterocycles. The lowest BCUT2D eigenvalue weighted by atomic mass is 10.1. The first-order valence-corrected chi connectivity index (χ1v) is 7.32. The van der Waals surface area contributed by atoms with Gasteiger partial charge in [-0.2, -0.15) is 5.10 Å². The van der Waals surface area contributed by atoms with Gasteiger partial charge >= 0.3 is 0 Å². The summed E-state index contributed by atoms with van der Waals surface area (Å²) in [4.78, 5) is 25.9. The highest BCUT2D eigenvalue weighted by molar-refractivity contribution is 5.96. The van der Waals surface area contributed by atoms with E-state index in [2.05, 4.69) is 22.4 Å². The minimum Gasteiger partial charge on any atom is -0.339 e. The van der Waals surface area contributed by atoms with Gasteiger partial charge in [-0.05, 0) is 19.3 Å². The van der Waals surface area contributed by atoms with Gasteiger partial charge in [0.1, 0.15) is 0 Å². The molecule has 0 spiro atoms. The lowest BCUT2D eigenvalue weighted by Gasteiger charge is -2.14. The van der Waals surface area contributed by atoms with Gasteiger partial charge in [-0.15, -0.1) is 0 Å².